The van der Waals surface area contributed by atoms with Gasteiger partial charge in [0.2, 0.25) is 0 Å². The number of hydrogen-bond acceptors (Lipinski definition) is 6. The highest BCUT2D eigenvalue weighted by Gasteiger charge is 2.32. The average molecular weight is 487 g/mol. The standard InChI is InChI=1S/C25H34N4O2S2/c1-4-7-8-9-11-17-29-24(31)20(33-25(29)32)18-19-22(27(14-5-2)15-6-3)26-21-13-10-12-16-28(21)23(19)30/h10,12-13,16,18H,4-9,11,14-15,17H2,1-3H3. The van der Waals surface area contributed by atoms with E-state index in [1.54, 1.807) is 21.6 Å². The van der Waals surface area contributed by atoms with Crippen LogP contribution in [0.25, 0.3) is 11.7 Å². The number of anilines is 1. The Labute approximate surface area is 206 Å². The third kappa shape index (κ3) is 6.03. The molecule has 0 aliphatic carbocycles. The van der Waals surface area contributed by atoms with Gasteiger partial charge in [0.15, 0.2) is 0 Å². The third-order valence-electron chi connectivity index (χ3n) is 5.67. The minimum Gasteiger partial charge on any atom is -0.356 e. The second-order valence-corrected chi connectivity index (χ2v) is 9.99. The van der Waals surface area contributed by atoms with E-state index in [9.17, 15) is 9.59 Å². The highest BCUT2D eigenvalue weighted by Crippen LogP contribution is 2.33. The van der Waals surface area contributed by atoms with Gasteiger partial charge < -0.3 is 4.90 Å². The Morgan fingerprint density at radius 2 is 1.76 bits per heavy atom. The zero-order valence-corrected chi connectivity index (χ0v) is 21.5. The fourth-order valence-electron chi connectivity index (χ4n) is 4.02. The van der Waals surface area contributed by atoms with Crippen LogP contribution in [-0.2, 0) is 4.79 Å². The molecule has 178 valence electrons. The summed E-state index contributed by atoms with van der Waals surface area (Å²) >= 11 is 6.79. The van der Waals surface area contributed by atoms with Gasteiger partial charge in [-0.1, -0.05) is 76.5 Å². The van der Waals surface area contributed by atoms with Gasteiger partial charge in [0.05, 0.1) is 10.5 Å². The summed E-state index contributed by atoms with van der Waals surface area (Å²) in [5, 5.41) is 0. The third-order valence-corrected chi connectivity index (χ3v) is 7.05. The molecular weight excluding hydrogens is 452 g/mol. The predicted molar refractivity (Wildman–Crippen MR) is 143 cm³/mol. The zero-order valence-electron chi connectivity index (χ0n) is 19.9. The summed E-state index contributed by atoms with van der Waals surface area (Å²) in [6.07, 6.45) is 10.9. The quantitative estimate of drug-likeness (QED) is 0.225. The minimum atomic E-state index is -0.169. The maximum atomic E-state index is 13.5. The first-order valence-corrected chi connectivity index (χ1v) is 13.3. The van der Waals surface area contributed by atoms with Crippen LogP contribution in [0.5, 0.6) is 0 Å². The molecule has 0 aromatic carbocycles. The average Bonchev–Trinajstić information content (AvgIpc) is 3.07. The number of rotatable bonds is 12. The van der Waals surface area contributed by atoms with Crippen molar-refractivity contribution in [1.82, 2.24) is 14.3 Å². The van der Waals surface area contributed by atoms with Crippen LogP contribution in [0.1, 0.15) is 71.3 Å². The number of aromatic nitrogens is 2. The summed E-state index contributed by atoms with van der Waals surface area (Å²) in [6.45, 7) is 8.63. The Balaban J connectivity index is 1.97. The molecule has 1 saturated heterocycles. The number of hydrogen-bond donors (Lipinski definition) is 0. The van der Waals surface area contributed by atoms with Crippen molar-refractivity contribution in [2.24, 2.45) is 0 Å². The lowest BCUT2D eigenvalue weighted by atomic mass is 10.1. The van der Waals surface area contributed by atoms with Crippen LogP contribution in [0.3, 0.4) is 0 Å². The van der Waals surface area contributed by atoms with Crippen LogP contribution < -0.4 is 10.5 Å². The van der Waals surface area contributed by atoms with Gasteiger partial charge >= 0.3 is 0 Å². The van der Waals surface area contributed by atoms with Crippen molar-refractivity contribution in [1.29, 1.82) is 0 Å². The number of amides is 1. The van der Waals surface area contributed by atoms with Gasteiger partial charge in [0.25, 0.3) is 11.5 Å². The van der Waals surface area contributed by atoms with Gasteiger partial charge in [0.1, 0.15) is 15.8 Å². The molecule has 3 heterocycles. The number of carbonyl (C=O) groups is 1. The molecule has 33 heavy (non-hydrogen) atoms. The topological polar surface area (TPSA) is 57.9 Å². The first-order valence-electron chi connectivity index (χ1n) is 12.0. The molecule has 0 bridgehead atoms. The summed E-state index contributed by atoms with van der Waals surface area (Å²) in [5.41, 5.74) is 0.883. The molecular formula is C25H34N4O2S2. The zero-order chi connectivity index (χ0) is 23.8. The lowest BCUT2D eigenvalue weighted by Crippen LogP contribution is -2.31. The number of nitrogens with zero attached hydrogens (tertiary/aromatic N) is 4. The molecule has 1 aliphatic heterocycles. The number of unbranched alkanes of at least 4 members (excludes halogenated alkanes) is 4. The molecule has 0 spiro atoms. The summed E-state index contributed by atoms with van der Waals surface area (Å²) in [7, 11) is 0. The Morgan fingerprint density at radius 1 is 1.03 bits per heavy atom. The molecule has 0 saturated carbocycles. The smallest absolute Gasteiger partial charge is 0.267 e. The van der Waals surface area contributed by atoms with E-state index in [-0.39, 0.29) is 11.5 Å². The number of fused-ring (bicyclic) bond motifs is 1. The molecule has 0 N–H and O–H groups in total. The normalized spacial score (nSPS) is 15.2. The molecule has 8 heteroatoms. The van der Waals surface area contributed by atoms with Gasteiger partial charge in [-0.25, -0.2) is 4.98 Å². The van der Waals surface area contributed by atoms with Crippen LogP contribution in [0.15, 0.2) is 34.1 Å². The van der Waals surface area contributed by atoms with Gasteiger partial charge in [-0.15, -0.1) is 0 Å². The van der Waals surface area contributed by atoms with Gasteiger partial charge in [-0.3, -0.25) is 18.9 Å². The van der Waals surface area contributed by atoms with E-state index in [1.165, 1.54) is 31.0 Å². The first kappa shape index (κ1) is 25.4. The van der Waals surface area contributed by atoms with Gasteiger partial charge in [-0.05, 0) is 37.5 Å². The SMILES string of the molecule is CCCCCCCN1C(=O)C(=Cc2c(N(CCC)CCC)nc3ccccn3c2=O)SC1=S. The van der Waals surface area contributed by atoms with Crippen molar-refractivity contribution in [2.75, 3.05) is 24.5 Å². The van der Waals surface area contributed by atoms with E-state index in [2.05, 4.69) is 25.7 Å². The summed E-state index contributed by atoms with van der Waals surface area (Å²) in [4.78, 5) is 35.8. The van der Waals surface area contributed by atoms with Crippen molar-refractivity contribution in [2.45, 2.75) is 65.7 Å². The van der Waals surface area contributed by atoms with Crippen LogP contribution in [0.2, 0.25) is 0 Å². The molecule has 0 radical (unpaired) electrons. The largest absolute Gasteiger partial charge is 0.356 e. The molecule has 1 amide bonds. The number of pyridine rings is 1. The second kappa shape index (κ2) is 12.3. The van der Waals surface area contributed by atoms with Crippen molar-refractivity contribution in [3.63, 3.8) is 0 Å². The van der Waals surface area contributed by atoms with E-state index in [0.717, 1.165) is 38.8 Å². The molecule has 6 nitrogen and oxygen atoms in total. The molecule has 1 aliphatic rings. The Kier molecular flexibility index (Phi) is 9.50. The summed E-state index contributed by atoms with van der Waals surface area (Å²) in [5.74, 6) is 0.529. The molecule has 2 aromatic heterocycles. The maximum absolute atomic E-state index is 13.5. The predicted octanol–water partition coefficient (Wildman–Crippen LogP) is 5.49. The second-order valence-electron chi connectivity index (χ2n) is 8.32. The molecule has 3 rings (SSSR count). The van der Waals surface area contributed by atoms with Crippen LogP contribution in [0.4, 0.5) is 5.82 Å². The molecule has 2 aromatic rings. The van der Waals surface area contributed by atoms with Crippen LogP contribution >= 0.6 is 24.0 Å². The lowest BCUT2D eigenvalue weighted by Gasteiger charge is -2.24. The number of carbonyl (C=O) groups excluding carboxylic acids is 1. The minimum absolute atomic E-state index is 0.110. The van der Waals surface area contributed by atoms with Gasteiger partial charge in [0, 0.05) is 25.8 Å². The Bertz CT molecular complexity index is 1070. The summed E-state index contributed by atoms with van der Waals surface area (Å²) < 4.78 is 2.11. The van der Waals surface area contributed by atoms with Crippen molar-refractivity contribution >= 4 is 51.7 Å². The summed E-state index contributed by atoms with van der Waals surface area (Å²) in [6, 6.07) is 5.52. The molecule has 0 atom stereocenters. The molecule has 1 fully saturated rings. The highest BCUT2D eigenvalue weighted by molar-refractivity contribution is 8.26. The maximum Gasteiger partial charge on any atom is 0.267 e. The van der Waals surface area contributed by atoms with Crippen molar-refractivity contribution < 1.29 is 4.79 Å². The van der Waals surface area contributed by atoms with E-state index in [4.69, 9.17) is 17.2 Å². The van der Waals surface area contributed by atoms with Crippen LogP contribution in [0, 0.1) is 0 Å². The highest BCUT2D eigenvalue weighted by atomic mass is 32.2. The monoisotopic (exact) mass is 486 g/mol. The van der Waals surface area contributed by atoms with E-state index < -0.39 is 0 Å². The Morgan fingerprint density at radius 3 is 2.45 bits per heavy atom. The first-order chi connectivity index (χ1) is 16.0. The van der Waals surface area contributed by atoms with Crippen molar-refractivity contribution in [3.05, 3.63) is 45.2 Å². The Hall–Kier alpha value is -2.19. The number of thiocarbonyl (C=S) groups is 1. The van der Waals surface area contributed by atoms with E-state index in [1.807, 2.05) is 18.2 Å². The lowest BCUT2D eigenvalue weighted by molar-refractivity contribution is -0.122. The van der Waals surface area contributed by atoms with E-state index >= 15 is 0 Å². The van der Waals surface area contributed by atoms with Crippen LogP contribution in [-0.4, -0.2) is 44.1 Å². The van der Waals surface area contributed by atoms with Crippen molar-refractivity contribution in [3.8, 4) is 0 Å². The fourth-order valence-corrected chi connectivity index (χ4v) is 5.31. The number of thioether (sulfide) groups is 1. The van der Waals surface area contributed by atoms with Gasteiger partial charge in [-0.2, -0.15) is 0 Å². The molecule has 0 unspecified atom stereocenters. The van der Waals surface area contributed by atoms with E-state index in [0.29, 0.717) is 32.8 Å². The fraction of sp³-hybridized carbons (Fsp3) is 0.520.